The second kappa shape index (κ2) is 63.3. The molecule has 0 radical (unpaired) electrons. The van der Waals surface area contributed by atoms with Gasteiger partial charge in [0.1, 0.15) is 13.2 Å². The van der Waals surface area contributed by atoms with Gasteiger partial charge in [-0.2, -0.15) is 0 Å². The SMILES string of the molecule is CCCCCCC/C=C\C/C=C\CCCCCCCCCCCCCCCCCCCCCCCC(=O)OC(COC(=O)CCCCCCCCCCCCC/C=C\C/C=C\CCCCCCC)COC(OCC[N+](C)(C)C)C(=O)O. The molecule has 2 unspecified atom stereocenters. The molecule has 0 spiro atoms. The Morgan fingerprint density at radius 1 is 0.370 bits per heavy atom. The molecule has 0 amide bonds. The maximum Gasteiger partial charge on any atom is 0.361 e. The van der Waals surface area contributed by atoms with Crippen molar-refractivity contribution in [2.45, 2.75) is 347 Å². The van der Waals surface area contributed by atoms with Crippen molar-refractivity contribution in [2.24, 2.45) is 0 Å². The minimum atomic E-state index is -1.51. The number of hydrogen-bond donors (Lipinski definition) is 1. The molecule has 0 aromatic rings. The van der Waals surface area contributed by atoms with Gasteiger partial charge in [0.15, 0.2) is 6.10 Å². The van der Waals surface area contributed by atoms with Crippen molar-refractivity contribution in [1.82, 2.24) is 0 Å². The van der Waals surface area contributed by atoms with Crippen LogP contribution in [0.15, 0.2) is 48.6 Å². The van der Waals surface area contributed by atoms with E-state index in [1.807, 2.05) is 21.1 Å². The number of likely N-dealkylation sites (N-methyl/N-ethyl adjacent to an activating group) is 1. The molecule has 9 heteroatoms. The minimum absolute atomic E-state index is 0.180. The first-order valence-electron chi connectivity index (χ1n) is 34.8. The third-order valence-electron chi connectivity index (χ3n) is 15.6. The van der Waals surface area contributed by atoms with Gasteiger partial charge in [0.25, 0.3) is 6.29 Å². The predicted octanol–water partition coefficient (Wildman–Crippen LogP) is 21.4. The summed E-state index contributed by atoms with van der Waals surface area (Å²) in [7, 11) is 5.98. The summed E-state index contributed by atoms with van der Waals surface area (Å²) in [5, 5.41) is 9.74. The van der Waals surface area contributed by atoms with Crippen LogP contribution in [0.1, 0.15) is 335 Å². The fraction of sp³-hybridized carbons (Fsp3) is 0.847. The van der Waals surface area contributed by atoms with Crippen molar-refractivity contribution >= 4 is 17.9 Å². The van der Waals surface area contributed by atoms with Crippen molar-refractivity contribution < 1.29 is 42.9 Å². The predicted molar refractivity (Wildman–Crippen MR) is 346 cm³/mol. The Kier molecular flexibility index (Phi) is 61.1. The van der Waals surface area contributed by atoms with Gasteiger partial charge in [0, 0.05) is 12.8 Å². The van der Waals surface area contributed by atoms with Crippen LogP contribution in [0, 0.1) is 0 Å². The first kappa shape index (κ1) is 78.2. The van der Waals surface area contributed by atoms with E-state index >= 15 is 0 Å². The van der Waals surface area contributed by atoms with E-state index in [2.05, 4.69) is 62.5 Å². The zero-order valence-corrected chi connectivity index (χ0v) is 54.2. The van der Waals surface area contributed by atoms with E-state index < -0.39 is 18.4 Å². The summed E-state index contributed by atoms with van der Waals surface area (Å²) >= 11 is 0. The average Bonchev–Trinajstić information content (AvgIpc) is 3.44. The van der Waals surface area contributed by atoms with E-state index in [9.17, 15) is 19.5 Å². The number of carbonyl (C=O) groups is 3. The van der Waals surface area contributed by atoms with Crippen LogP contribution in [0.3, 0.4) is 0 Å². The Labute approximate surface area is 502 Å². The highest BCUT2D eigenvalue weighted by molar-refractivity contribution is 5.71. The molecular formula is C72H134NO8+. The largest absolute Gasteiger partial charge is 0.477 e. The van der Waals surface area contributed by atoms with Crippen molar-refractivity contribution in [3.8, 4) is 0 Å². The molecule has 0 saturated heterocycles. The molecule has 0 fully saturated rings. The van der Waals surface area contributed by atoms with Gasteiger partial charge in [-0.3, -0.25) is 9.59 Å². The zero-order valence-electron chi connectivity index (χ0n) is 54.2. The number of rotatable bonds is 65. The normalized spacial score (nSPS) is 13.0. The summed E-state index contributed by atoms with van der Waals surface area (Å²) in [5.74, 6) is -1.99. The van der Waals surface area contributed by atoms with Gasteiger partial charge >= 0.3 is 17.9 Å². The van der Waals surface area contributed by atoms with Crippen LogP contribution in [0.25, 0.3) is 0 Å². The summed E-state index contributed by atoms with van der Waals surface area (Å²) in [6.07, 6.45) is 77.9. The van der Waals surface area contributed by atoms with E-state index in [-0.39, 0.29) is 38.2 Å². The molecule has 0 aliphatic carbocycles. The summed E-state index contributed by atoms with van der Waals surface area (Å²) in [4.78, 5) is 37.6. The molecule has 1 N–H and O–H groups in total. The molecule has 0 saturated carbocycles. The second-order valence-electron chi connectivity index (χ2n) is 24.8. The number of nitrogens with zero attached hydrogens (tertiary/aromatic N) is 1. The van der Waals surface area contributed by atoms with Crippen LogP contribution in [0.4, 0.5) is 0 Å². The Bertz CT molecular complexity index is 1470. The number of allylic oxidation sites excluding steroid dienone is 8. The maximum absolute atomic E-state index is 12.9. The molecule has 0 rings (SSSR count). The summed E-state index contributed by atoms with van der Waals surface area (Å²) in [6, 6.07) is 0. The summed E-state index contributed by atoms with van der Waals surface area (Å²) < 4.78 is 23.0. The third kappa shape index (κ3) is 64.7. The first-order chi connectivity index (χ1) is 39.6. The molecule has 0 heterocycles. The quantitative estimate of drug-likeness (QED) is 0.0211. The summed E-state index contributed by atoms with van der Waals surface area (Å²) in [6.45, 7) is 4.91. The number of aliphatic carboxylic acids is 1. The van der Waals surface area contributed by atoms with E-state index in [1.165, 1.54) is 257 Å². The number of carboxylic acid groups (broad SMARTS) is 1. The number of esters is 2. The molecule has 81 heavy (non-hydrogen) atoms. The van der Waals surface area contributed by atoms with Crippen molar-refractivity contribution in [3.63, 3.8) is 0 Å². The molecule has 0 aromatic carbocycles. The van der Waals surface area contributed by atoms with Crippen LogP contribution in [-0.4, -0.2) is 87.4 Å². The van der Waals surface area contributed by atoms with Gasteiger partial charge in [-0.25, -0.2) is 4.79 Å². The van der Waals surface area contributed by atoms with Crippen molar-refractivity contribution in [1.29, 1.82) is 0 Å². The van der Waals surface area contributed by atoms with Gasteiger partial charge in [-0.05, 0) is 77.0 Å². The van der Waals surface area contributed by atoms with Crippen molar-refractivity contribution in [2.75, 3.05) is 47.5 Å². The lowest BCUT2D eigenvalue weighted by molar-refractivity contribution is -0.870. The highest BCUT2D eigenvalue weighted by Gasteiger charge is 2.25. The van der Waals surface area contributed by atoms with E-state index in [0.29, 0.717) is 17.4 Å². The van der Waals surface area contributed by atoms with Gasteiger partial charge < -0.3 is 28.5 Å². The zero-order chi connectivity index (χ0) is 59.1. The lowest BCUT2D eigenvalue weighted by Gasteiger charge is -2.25. The number of hydrogen-bond acceptors (Lipinski definition) is 7. The van der Waals surface area contributed by atoms with Gasteiger partial charge in [-0.15, -0.1) is 0 Å². The maximum atomic E-state index is 12.9. The Hall–Kier alpha value is -2.75. The van der Waals surface area contributed by atoms with Gasteiger partial charge in [0.05, 0.1) is 34.4 Å². The second-order valence-corrected chi connectivity index (χ2v) is 24.8. The molecule has 0 aliphatic rings. The number of carboxylic acids is 1. The van der Waals surface area contributed by atoms with Crippen LogP contribution in [0.5, 0.6) is 0 Å². The Balaban J connectivity index is 4.07. The van der Waals surface area contributed by atoms with Crippen LogP contribution in [0.2, 0.25) is 0 Å². The number of ether oxygens (including phenoxy) is 4. The molecule has 0 aliphatic heterocycles. The molecular weight excluding hydrogens is 1010 g/mol. The van der Waals surface area contributed by atoms with Crippen molar-refractivity contribution in [3.05, 3.63) is 48.6 Å². The van der Waals surface area contributed by atoms with Crippen LogP contribution in [-0.2, 0) is 33.3 Å². The van der Waals surface area contributed by atoms with Crippen LogP contribution < -0.4 is 0 Å². The lowest BCUT2D eigenvalue weighted by Crippen LogP contribution is -2.40. The van der Waals surface area contributed by atoms with E-state index in [4.69, 9.17) is 18.9 Å². The number of carbonyl (C=O) groups excluding carboxylic acids is 2. The fourth-order valence-corrected chi connectivity index (χ4v) is 10.2. The monoisotopic (exact) mass is 1140 g/mol. The topological polar surface area (TPSA) is 108 Å². The average molecular weight is 1140 g/mol. The number of unbranched alkanes of at least 4 members (excludes halogenated alkanes) is 42. The molecule has 9 nitrogen and oxygen atoms in total. The Morgan fingerprint density at radius 3 is 0.975 bits per heavy atom. The smallest absolute Gasteiger partial charge is 0.361 e. The third-order valence-corrected chi connectivity index (χ3v) is 15.6. The lowest BCUT2D eigenvalue weighted by atomic mass is 10.0. The van der Waals surface area contributed by atoms with Crippen LogP contribution >= 0.6 is 0 Å². The first-order valence-corrected chi connectivity index (χ1v) is 34.8. The number of quaternary nitrogens is 1. The van der Waals surface area contributed by atoms with E-state index in [0.717, 1.165) is 51.4 Å². The van der Waals surface area contributed by atoms with Gasteiger partial charge in [0.2, 0.25) is 0 Å². The minimum Gasteiger partial charge on any atom is -0.477 e. The van der Waals surface area contributed by atoms with E-state index in [1.54, 1.807) is 0 Å². The fourth-order valence-electron chi connectivity index (χ4n) is 10.2. The Morgan fingerprint density at radius 2 is 0.667 bits per heavy atom. The highest BCUT2D eigenvalue weighted by atomic mass is 16.7. The highest BCUT2D eigenvalue weighted by Crippen LogP contribution is 2.18. The van der Waals surface area contributed by atoms with Gasteiger partial charge in [-0.1, -0.05) is 294 Å². The molecule has 474 valence electrons. The molecule has 0 aromatic heterocycles. The standard InChI is InChI=1S/C72H133NO8/c1-6-8-10-12-14-16-18-20-22-24-26-28-30-31-32-33-34-35-36-37-38-39-41-43-45-47-49-51-53-55-57-59-61-63-70(75)81-68(67-80-72(71(76)77)78-65-64-73(3,4)5)66-79-69(74)62-60-58-56-54-52-50-48-46-44-42-40-29-27-25-23-21-19-17-15-13-11-9-7-2/h18-21,24-27,68,72H,6-17,22-23,28-67H2,1-5H3/p+1/b20-18-,21-19-,26-24-,27-25-. The summed E-state index contributed by atoms with van der Waals surface area (Å²) in [5.41, 5.74) is 0. The molecule has 0 bridgehead atoms. The molecule has 2 atom stereocenters.